The van der Waals surface area contributed by atoms with Crippen molar-refractivity contribution in [2.75, 3.05) is 16.3 Å². The number of carbonyl (C=O) groups excluding carboxylic acids is 2. The van der Waals surface area contributed by atoms with Crippen LogP contribution in [0.5, 0.6) is 0 Å². The molecule has 0 heterocycles. The van der Waals surface area contributed by atoms with Gasteiger partial charge in [0, 0.05) is 23.5 Å². The molecule has 0 radical (unpaired) electrons. The van der Waals surface area contributed by atoms with E-state index in [2.05, 4.69) is 10.0 Å². The van der Waals surface area contributed by atoms with Gasteiger partial charge in [-0.1, -0.05) is 18.2 Å². The maximum absolute atomic E-state index is 12.3. The van der Waals surface area contributed by atoms with E-state index in [1.165, 1.54) is 36.4 Å². The molecule has 2 amide bonds. The van der Waals surface area contributed by atoms with E-state index in [-0.39, 0.29) is 22.5 Å². The van der Waals surface area contributed by atoms with E-state index in [1.807, 2.05) is 0 Å². The molecule has 0 saturated carbocycles. The van der Waals surface area contributed by atoms with E-state index in [0.717, 1.165) is 6.26 Å². The summed E-state index contributed by atoms with van der Waals surface area (Å²) in [4.78, 5) is 23.3. The van der Waals surface area contributed by atoms with Gasteiger partial charge >= 0.3 is 12.1 Å². The van der Waals surface area contributed by atoms with Crippen LogP contribution in [0.15, 0.2) is 48.5 Å². The van der Waals surface area contributed by atoms with Gasteiger partial charge in [0.15, 0.2) is 0 Å². The molecule has 0 aromatic heterocycles. The molecule has 7 nitrogen and oxygen atoms in total. The number of nitrogens with one attached hydrogen (secondary N) is 3. The van der Waals surface area contributed by atoms with Crippen molar-refractivity contribution in [3.05, 3.63) is 59.7 Å². The molecule has 0 fully saturated rings. The lowest BCUT2D eigenvalue weighted by Crippen LogP contribution is -2.36. The predicted molar refractivity (Wildman–Crippen MR) is 97.2 cm³/mol. The summed E-state index contributed by atoms with van der Waals surface area (Å²) < 4.78 is 61.5. The van der Waals surface area contributed by atoms with Gasteiger partial charge in [0.2, 0.25) is 10.0 Å². The zero-order valence-electron chi connectivity index (χ0n) is 14.5. The lowest BCUT2D eigenvalue weighted by molar-refractivity contribution is -0.173. The molecule has 2 aromatic carbocycles. The highest BCUT2D eigenvalue weighted by atomic mass is 32.2. The lowest BCUT2D eigenvalue weighted by Gasteiger charge is -2.13. The molecule has 2 rings (SSSR count). The third kappa shape index (κ3) is 6.27. The van der Waals surface area contributed by atoms with Crippen molar-refractivity contribution < 1.29 is 31.2 Å². The number of rotatable bonds is 6. The normalized spacial score (nSPS) is 11.6. The monoisotopic (exact) mass is 415 g/mol. The van der Waals surface area contributed by atoms with Gasteiger partial charge in [-0.05, 0) is 35.9 Å². The summed E-state index contributed by atoms with van der Waals surface area (Å²) in [7, 11) is -3.45. The molecule has 150 valence electrons. The van der Waals surface area contributed by atoms with Crippen molar-refractivity contribution in [3.8, 4) is 0 Å². The lowest BCUT2D eigenvalue weighted by atomic mass is 10.1. The minimum Gasteiger partial charge on any atom is -0.344 e. The number of hydrogen-bond donors (Lipinski definition) is 3. The summed E-state index contributed by atoms with van der Waals surface area (Å²) in [6.45, 7) is -0.425. The Morgan fingerprint density at radius 1 is 1.00 bits per heavy atom. The Hall–Kier alpha value is -3.08. The van der Waals surface area contributed by atoms with E-state index in [4.69, 9.17) is 0 Å². The molecule has 0 aliphatic rings. The highest BCUT2D eigenvalue weighted by Crippen LogP contribution is 2.19. The third-order valence-electron chi connectivity index (χ3n) is 3.41. The van der Waals surface area contributed by atoms with Gasteiger partial charge < -0.3 is 10.6 Å². The van der Waals surface area contributed by atoms with Crippen molar-refractivity contribution in [2.45, 2.75) is 12.7 Å². The van der Waals surface area contributed by atoms with Crippen LogP contribution in [0.25, 0.3) is 0 Å². The Labute approximate surface area is 159 Å². The second-order valence-electron chi connectivity index (χ2n) is 5.74. The SMILES string of the molecule is CS(=O)(=O)Nc1ccc(C(=O)Nc2ccccc2CNC(=O)C(F)(F)F)cc1. The van der Waals surface area contributed by atoms with Crippen molar-refractivity contribution in [2.24, 2.45) is 0 Å². The first-order valence-corrected chi connectivity index (χ1v) is 9.67. The number of alkyl halides is 3. The van der Waals surface area contributed by atoms with Crippen molar-refractivity contribution in [1.29, 1.82) is 0 Å². The van der Waals surface area contributed by atoms with Crippen LogP contribution in [0.1, 0.15) is 15.9 Å². The number of anilines is 2. The average molecular weight is 415 g/mol. The Balaban J connectivity index is 2.09. The first-order valence-electron chi connectivity index (χ1n) is 7.78. The van der Waals surface area contributed by atoms with Gasteiger partial charge in [-0.25, -0.2) is 8.42 Å². The van der Waals surface area contributed by atoms with E-state index >= 15 is 0 Å². The summed E-state index contributed by atoms with van der Waals surface area (Å²) in [5, 5.41) is 4.29. The zero-order valence-corrected chi connectivity index (χ0v) is 15.3. The van der Waals surface area contributed by atoms with Crippen LogP contribution in [0.4, 0.5) is 24.5 Å². The first-order chi connectivity index (χ1) is 13.0. The summed E-state index contributed by atoms with van der Waals surface area (Å²) in [5.41, 5.74) is 0.986. The molecule has 0 aliphatic heterocycles. The molecule has 3 N–H and O–H groups in total. The molecule has 0 aliphatic carbocycles. The quantitative estimate of drug-likeness (QED) is 0.674. The number of benzene rings is 2. The van der Waals surface area contributed by atoms with Gasteiger partial charge in [0.05, 0.1) is 6.26 Å². The standard InChI is InChI=1S/C17H16F3N3O4S/c1-28(26,27)23-13-8-6-11(7-9-13)15(24)22-14-5-3-2-4-12(14)10-21-16(25)17(18,19)20/h2-9,23H,10H2,1H3,(H,21,25)(H,22,24). The summed E-state index contributed by atoms with van der Waals surface area (Å²) in [6.07, 6.45) is -4.01. The van der Waals surface area contributed by atoms with Crippen molar-refractivity contribution >= 4 is 33.2 Å². The fraction of sp³-hybridized carbons (Fsp3) is 0.176. The molecule has 2 aromatic rings. The largest absolute Gasteiger partial charge is 0.471 e. The molecule has 0 atom stereocenters. The summed E-state index contributed by atoms with van der Waals surface area (Å²) in [6, 6.07) is 11.6. The maximum atomic E-state index is 12.3. The number of halogens is 3. The molecule has 0 saturated heterocycles. The van der Waals surface area contributed by atoms with Gasteiger partial charge in [-0.2, -0.15) is 13.2 Å². The minimum atomic E-state index is -5.00. The minimum absolute atomic E-state index is 0.202. The maximum Gasteiger partial charge on any atom is 0.471 e. The topological polar surface area (TPSA) is 104 Å². The number of hydrogen-bond acceptors (Lipinski definition) is 4. The van der Waals surface area contributed by atoms with Crippen LogP contribution < -0.4 is 15.4 Å². The molecular weight excluding hydrogens is 399 g/mol. The molecule has 11 heteroatoms. The van der Waals surface area contributed by atoms with Gasteiger partial charge in [-0.15, -0.1) is 0 Å². The highest BCUT2D eigenvalue weighted by Gasteiger charge is 2.38. The number of amides is 2. The average Bonchev–Trinajstić information content (AvgIpc) is 2.59. The van der Waals surface area contributed by atoms with Crippen molar-refractivity contribution in [3.63, 3.8) is 0 Å². The number of carbonyl (C=O) groups is 2. The van der Waals surface area contributed by atoms with Gasteiger partial charge in [0.1, 0.15) is 0 Å². The van der Waals surface area contributed by atoms with E-state index in [9.17, 15) is 31.2 Å². The van der Waals surface area contributed by atoms with Crippen LogP contribution in [0, 0.1) is 0 Å². The molecule has 0 spiro atoms. The molecule has 0 bridgehead atoms. The fourth-order valence-corrected chi connectivity index (χ4v) is 2.73. The van der Waals surface area contributed by atoms with E-state index in [1.54, 1.807) is 17.4 Å². The molecule has 28 heavy (non-hydrogen) atoms. The van der Waals surface area contributed by atoms with E-state index < -0.39 is 34.6 Å². The molecule has 0 unspecified atom stereocenters. The first kappa shape index (κ1) is 21.2. The van der Waals surface area contributed by atoms with Crippen LogP contribution in [0.3, 0.4) is 0 Å². The van der Waals surface area contributed by atoms with Crippen LogP contribution in [0.2, 0.25) is 0 Å². The predicted octanol–water partition coefficient (Wildman–Crippen LogP) is 2.49. The Bertz CT molecular complexity index is 974. The van der Waals surface area contributed by atoms with E-state index in [0.29, 0.717) is 0 Å². The van der Waals surface area contributed by atoms with Crippen LogP contribution in [-0.2, 0) is 21.4 Å². The third-order valence-corrected chi connectivity index (χ3v) is 4.02. The van der Waals surface area contributed by atoms with Crippen LogP contribution >= 0.6 is 0 Å². The van der Waals surface area contributed by atoms with Crippen LogP contribution in [-0.4, -0.2) is 32.7 Å². The zero-order chi connectivity index (χ0) is 20.9. The smallest absolute Gasteiger partial charge is 0.344 e. The van der Waals surface area contributed by atoms with Gasteiger partial charge in [-0.3, -0.25) is 14.3 Å². The molecular formula is C17H16F3N3O4S. The Morgan fingerprint density at radius 3 is 2.18 bits per heavy atom. The number of para-hydroxylation sites is 1. The second-order valence-corrected chi connectivity index (χ2v) is 7.49. The summed E-state index contributed by atoms with van der Waals surface area (Å²) >= 11 is 0. The Morgan fingerprint density at radius 2 is 1.61 bits per heavy atom. The second kappa shape index (κ2) is 8.30. The Kier molecular flexibility index (Phi) is 6.29. The number of sulfonamides is 1. The van der Waals surface area contributed by atoms with Gasteiger partial charge in [0.25, 0.3) is 5.91 Å². The summed E-state index contributed by atoms with van der Waals surface area (Å²) in [5.74, 6) is -2.64. The van der Waals surface area contributed by atoms with Crippen molar-refractivity contribution in [1.82, 2.24) is 5.32 Å². The fourth-order valence-electron chi connectivity index (χ4n) is 2.17. The highest BCUT2D eigenvalue weighted by molar-refractivity contribution is 7.92.